The van der Waals surface area contributed by atoms with E-state index in [-0.39, 0.29) is 17.6 Å². The van der Waals surface area contributed by atoms with E-state index in [1.807, 2.05) is 0 Å². The number of halogens is 2. The number of rotatable bonds is 6. The van der Waals surface area contributed by atoms with Gasteiger partial charge in [0.15, 0.2) is 0 Å². The van der Waals surface area contributed by atoms with Gasteiger partial charge in [0.2, 0.25) is 5.88 Å². The summed E-state index contributed by atoms with van der Waals surface area (Å²) in [6, 6.07) is 9.75. The molecule has 2 heterocycles. The van der Waals surface area contributed by atoms with E-state index in [4.69, 9.17) is 9.84 Å². The van der Waals surface area contributed by atoms with E-state index in [0.29, 0.717) is 52.4 Å². The van der Waals surface area contributed by atoms with Crippen molar-refractivity contribution in [3.05, 3.63) is 60.2 Å². The monoisotopic (exact) mass is 464 g/mol. The summed E-state index contributed by atoms with van der Waals surface area (Å²) in [4.78, 5) is 26.9. The van der Waals surface area contributed by atoms with Gasteiger partial charge in [-0.1, -0.05) is 12.1 Å². The molecule has 7 nitrogen and oxygen atoms in total. The first-order chi connectivity index (χ1) is 16.2. The van der Waals surface area contributed by atoms with E-state index < -0.39 is 17.5 Å². The Balaban J connectivity index is 1.33. The number of aromatic nitrogens is 4. The largest absolute Gasteiger partial charge is 0.481 e. The Kier molecular flexibility index (Phi) is 5.27. The molecular formula is C25H22F2N4O3. The topological polar surface area (TPSA) is 101 Å². The summed E-state index contributed by atoms with van der Waals surface area (Å²) in [6.07, 6.45) is 3.63. The molecule has 1 fully saturated rings. The highest BCUT2D eigenvalue weighted by atomic mass is 19.1. The van der Waals surface area contributed by atoms with Gasteiger partial charge < -0.3 is 14.8 Å². The number of aliphatic carboxylic acids is 1. The van der Waals surface area contributed by atoms with Gasteiger partial charge in [-0.3, -0.25) is 4.79 Å². The van der Waals surface area contributed by atoms with E-state index >= 15 is 0 Å². The van der Waals surface area contributed by atoms with E-state index in [1.54, 1.807) is 30.3 Å². The zero-order chi connectivity index (χ0) is 24.0. The van der Waals surface area contributed by atoms with E-state index in [2.05, 4.69) is 19.9 Å². The molecule has 5 rings (SSSR count). The second kappa shape index (κ2) is 8.16. The summed E-state index contributed by atoms with van der Waals surface area (Å²) in [6.45, 7) is 2.96. The lowest BCUT2D eigenvalue weighted by atomic mass is 9.82. The Labute approximate surface area is 193 Å². The van der Waals surface area contributed by atoms with Crippen LogP contribution in [0, 0.1) is 11.7 Å². The van der Waals surface area contributed by atoms with Crippen molar-refractivity contribution < 1.29 is 23.4 Å². The molecule has 2 N–H and O–H groups in total. The summed E-state index contributed by atoms with van der Waals surface area (Å²) >= 11 is 0. The molecule has 0 amide bonds. The molecule has 0 aliphatic heterocycles. The fourth-order valence-electron chi connectivity index (χ4n) is 3.93. The standard InChI is InChI=1S/C25H22F2N4O3/c1-25(2,27)15-4-6-19-20(10-15)31-23(30-19)17-5-3-13(9-18(17)26)21-11-29-22(12-28-21)34-16-7-14(8-16)24(32)33/h3-6,9-12,14,16H,7-8H2,1-2H3,(H,30,31)(H,32,33). The first-order valence-electron chi connectivity index (χ1n) is 10.9. The Bertz CT molecular complexity index is 1370. The predicted molar refractivity (Wildman–Crippen MR) is 121 cm³/mol. The number of hydrogen-bond donors (Lipinski definition) is 2. The lowest BCUT2D eigenvalue weighted by Gasteiger charge is -2.31. The molecule has 34 heavy (non-hydrogen) atoms. The molecule has 0 spiro atoms. The van der Waals surface area contributed by atoms with Gasteiger partial charge in [0, 0.05) is 5.56 Å². The van der Waals surface area contributed by atoms with Gasteiger partial charge in [0.1, 0.15) is 23.4 Å². The van der Waals surface area contributed by atoms with Crippen LogP contribution < -0.4 is 4.74 Å². The number of aromatic amines is 1. The van der Waals surface area contributed by atoms with E-state index in [0.717, 1.165) is 0 Å². The molecule has 1 saturated carbocycles. The van der Waals surface area contributed by atoms with Gasteiger partial charge >= 0.3 is 5.97 Å². The van der Waals surface area contributed by atoms with Gasteiger partial charge in [0.05, 0.1) is 40.6 Å². The number of alkyl halides is 1. The molecule has 174 valence electrons. The maximum Gasteiger partial charge on any atom is 0.306 e. The Hall–Kier alpha value is -3.88. The number of carboxylic acids is 1. The van der Waals surface area contributed by atoms with Gasteiger partial charge in [-0.2, -0.15) is 0 Å². The van der Waals surface area contributed by atoms with Crippen LogP contribution in [0.3, 0.4) is 0 Å². The zero-order valence-electron chi connectivity index (χ0n) is 18.5. The highest BCUT2D eigenvalue weighted by Gasteiger charge is 2.36. The average Bonchev–Trinajstić information content (AvgIpc) is 3.18. The highest BCUT2D eigenvalue weighted by molar-refractivity contribution is 5.80. The molecule has 2 aromatic carbocycles. The maximum atomic E-state index is 15.0. The molecule has 0 bridgehead atoms. The van der Waals surface area contributed by atoms with Crippen LogP contribution in [0.15, 0.2) is 48.8 Å². The van der Waals surface area contributed by atoms with Crippen molar-refractivity contribution in [3.8, 4) is 28.5 Å². The molecule has 0 radical (unpaired) electrons. The van der Waals surface area contributed by atoms with Gasteiger partial charge in [-0.25, -0.2) is 23.7 Å². The third-order valence-electron chi connectivity index (χ3n) is 6.05. The number of ether oxygens (including phenoxy) is 1. The lowest BCUT2D eigenvalue weighted by Crippen LogP contribution is -2.38. The normalized spacial score (nSPS) is 18.0. The van der Waals surface area contributed by atoms with Crippen LogP contribution in [0.5, 0.6) is 5.88 Å². The molecule has 4 aromatic rings. The van der Waals surface area contributed by atoms with Crippen molar-refractivity contribution in [1.29, 1.82) is 0 Å². The van der Waals surface area contributed by atoms with Crippen LogP contribution in [0.25, 0.3) is 33.7 Å². The van der Waals surface area contributed by atoms with Gasteiger partial charge in [-0.05, 0) is 56.5 Å². The molecule has 1 aliphatic rings. The van der Waals surface area contributed by atoms with Crippen LogP contribution >= 0.6 is 0 Å². The second-order valence-electron chi connectivity index (χ2n) is 8.97. The molecule has 2 aromatic heterocycles. The van der Waals surface area contributed by atoms with Crippen molar-refractivity contribution >= 4 is 17.0 Å². The van der Waals surface area contributed by atoms with Gasteiger partial charge in [0.25, 0.3) is 0 Å². The number of hydrogen-bond acceptors (Lipinski definition) is 5. The predicted octanol–water partition coefficient (Wildman–Crippen LogP) is 5.27. The Morgan fingerprint density at radius 2 is 1.94 bits per heavy atom. The second-order valence-corrected chi connectivity index (χ2v) is 8.97. The summed E-state index contributed by atoms with van der Waals surface area (Å²) in [5, 5.41) is 8.94. The fraction of sp³-hybridized carbons (Fsp3) is 0.280. The number of benzene rings is 2. The van der Waals surface area contributed by atoms with Crippen LogP contribution in [-0.2, 0) is 10.5 Å². The summed E-state index contributed by atoms with van der Waals surface area (Å²) in [5.41, 5.74) is 1.55. The number of fused-ring (bicyclic) bond motifs is 1. The number of H-pyrrole nitrogens is 1. The third kappa shape index (κ3) is 4.21. The quantitative estimate of drug-likeness (QED) is 0.403. The number of nitrogens with one attached hydrogen (secondary N) is 1. The van der Waals surface area contributed by atoms with Crippen LogP contribution in [0.4, 0.5) is 8.78 Å². The van der Waals surface area contributed by atoms with Crippen LogP contribution in [0.2, 0.25) is 0 Å². The van der Waals surface area contributed by atoms with Crippen molar-refractivity contribution in [2.24, 2.45) is 5.92 Å². The molecule has 0 atom stereocenters. The minimum Gasteiger partial charge on any atom is -0.481 e. The number of imidazole rings is 1. The first kappa shape index (κ1) is 21.9. The van der Waals surface area contributed by atoms with Crippen molar-refractivity contribution in [1.82, 2.24) is 19.9 Å². The SMILES string of the molecule is CC(C)(F)c1ccc2nc(-c3ccc(-c4cnc(OC5CC(C(=O)O)C5)cn4)cc3F)[nH]c2c1. The van der Waals surface area contributed by atoms with Gasteiger partial charge in [-0.15, -0.1) is 0 Å². The Morgan fingerprint density at radius 3 is 2.59 bits per heavy atom. The zero-order valence-corrected chi connectivity index (χ0v) is 18.5. The number of nitrogens with zero attached hydrogens (tertiary/aromatic N) is 3. The maximum absolute atomic E-state index is 15.0. The third-order valence-corrected chi connectivity index (χ3v) is 6.05. The Morgan fingerprint density at radius 1 is 1.15 bits per heavy atom. The smallest absolute Gasteiger partial charge is 0.306 e. The summed E-state index contributed by atoms with van der Waals surface area (Å²) < 4.78 is 34.9. The van der Waals surface area contributed by atoms with Crippen LogP contribution in [0.1, 0.15) is 32.3 Å². The van der Waals surface area contributed by atoms with Crippen molar-refractivity contribution in [2.75, 3.05) is 0 Å². The summed E-state index contributed by atoms with van der Waals surface area (Å²) in [5.74, 6) is -1.03. The molecule has 9 heteroatoms. The van der Waals surface area contributed by atoms with E-state index in [9.17, 15) is 13.6 Å². The lowest BCUT2D eigenvalue weighted by molar-refractivity contribution is -0.148. The average molecular weight is 464 g/mol. The van der Waals surface area contributed by atoms with Crippen molar-refractivity contribution in [3.63, 3.8) is 0 Å². The van der Waals surface area contributed by atoms with Crippen molar-refractivity contribution in [2.45, 2.75) is 38.5 Å². The molecule has 0 saturated heterocycles. The van der Waals surface area contributed by atoms with Crippen LogP contribution in [-0.4, -0.2) is 37.1 Å². The summed E-state index contributed by atoms with van der Waals surface area (Å²) in [7, 11) is 0. The van der Waals surface area contributed by atoms with E-state index in [1.165, 1.54) is 32.3 Å². The first-order valence-corrected chi connectivity index (χ1v) is 10.9. The minimum atomic E-state index is -1.49. The highest BCUT2D eigenvalue weighted by Crippen LogP contribution is 2.32. The molecule has 0 unspecified atom stereocenters. The number of carbonyl (C=O) groups is 1. The fourth-order valence-corrected chi connectivity index (χ4v) is 3.93. The molecular weight excluding hydrogens is 442 g/mol. The number of carboxylic acid groups (broad SMARTS) is 1. The molecule has 1 aliphatic carbocycles. The minimum absolute atomic E-state index is 0.186.